The first-order chi connectivity index (χ1) is 15.8. The minimum Gasteiger partial charge on any atom is -0.493 e. The van der Waals surface area contributed by atoms with Crippen molar-refractivity contribution in [2.24, 2.45) is 0 Å². The predicted octanol–water partition coefficient (Wildman–Crippen LogP) is 4.52. The molecular formula is C25H30N4O3. The number of morpholine rings is 1. The number of benzene rings is 2. The van der Waals surface area contributed by atoms with E-state index in [1.54, 1.807) is 13.4 Å². The summed E-state index contributed by atoms with van der Waals surface area (Å²) in [6, 6.07) is 12.1. The van der Waals surface area contributed by atoms with Gasteiger partial charge in [0.1, 0.15) is 12.1 Å². The Kier molecular flexibility index (Phi) is 7.53. The number of fused-ring (bicyclic) bond motifs is 1. The first-order valence-corrected chi connectivity index (χ1v) is 11.0. The van der Waals surface area contributed by atoms with E-state index in [9.17, 15) is 0 Å². The minimum atomic E-state index is 0.613. The lowest BCUT2D eigenvalue weighted by atomic mass is 10.1. The lowest BCUT2D eigenvalue weighted by Crippen LogP contribution is -2.37. The molecule has 0 saturated carbocycles. The van der Waals surface area contributed by atoms with Crippen molar-refractivity contribution >= 4 is 28.5 Å². The van der Waals surface area contributed by atoms with Gasteiger partial charge in [-0.15, -0.1) is 0 Å². The van der Waals surface area contributed by atoms with Crippen LogP contribution in [0.4, 0.5) is 11.5 Å². The molecule has 1 aliphatic heterocycles. The third kappa shape index (κ3) is 5.55. The number of methoxy groups -OCH3 is 1. The first kappa shape index (κ1) is 22.0. The van der Waals surface area contributed by atoms with Gasteiger partial charge in [-0.05, 0) is 37.1 Å². The summed E-state index contributed by atoms with van der Waals surface area (Å²) in [6.07, 6.45) is 6.59. The molecule has 4 rings (SSSR count). The maximum absolute atomic E-state index is 6.10. The number of allylic oxidation sites excluding steroid dienone is 1. The Bertz CT molecular complexity index is 1050. The van der Waals surface area contributed by atoms with Gasteiger partial charge in [0.05, 0.1) is 32.4 Å². The van der Waals surface area contributed by atoms with Crippen molar-refractivity contribution in [3.05, 3.63) is 54.4 Å². The average Bonchev–Trinajstić information content (AvgIpc) is 2.83. The van der Waals surface area contributed by atoms with Crippen LogP contribution in [0.5, 0.6) is 11.5 Å². The molecule has 7 nitrogen and oxygen atoms in total. The second-order valence-corrected chi connectivity index (χ2v) is 7.65. The molecular weight excluding hydrogens is 404 g/mol. The van der Waals surface area contributed by atoms with E-state index >= 15 is 0 Å². The minimum absolute atomic E-state index is 0.613. The third-order valence-corrected chi connectivity index (χ3v) is 5.43. The summed E-state index contributed by atoms with van der Waals surface area (Å²) < 4.78 is 17.1. The largest absolute Gasteiger partial charge is 0.493 e. The molecule has 1 saturated heterocycles. The number of hydrogen-bond donors (Lipinski definition) is 1. The van der Waals surface area contributed by atoms with Crippen molar-refractivity contribution in [1.82, 2.24) is 14.9 Å². The standard InChI is InChI=1S/C25H30N4O3/c1-3-5-19-6-8-20(9-7-19)28-25-21-16-24(23(30-2)17-22(21)26-18-27-25)32-13-4-10-29-11-14-31-15-12-29/h3,5-9,16-18H,4,10-15H2,1-2H3,(H,26,27,28)/b5-3+. The Morgan fingerprint density at radius 3 is 2.66 bits per heavy atom. The maximum Gasteiger partial charge on any atom is 0.162 e. The Hall–Kier alpha value is -3.16. The predicted molar refractivity (Wildman–Crippen MR) is 128 cm³/mol. The molecule has 0 atom stereocenters. The van der Waals surface area contributed by atoms with Gasteiger partial charge >= 0.3 is 0 Å². The second-order valence-electron chi connectivity index (χ2n) is 7.65. The highest BCUT2D eigenvalue weighted by Gasteiger charge is 2.13. The van der Waals surface area contributed by atoms with Crippen LogP contribution in [0.2, 0.25) is 0 Å². The highest BCUT2D eigenvalue weighted by atomic mass is 16.5. The summed E-state index contributed by atoms with van der Waals surface area (Å²) in [7, 11) is 1.65. The van der Waals surface area contributed by atoms with Crippen LogP contribution < -0.4 is 14.8 Å². The van der Waals surface area contributed by atoms with E-state index in [0.717, 1.165) is 67.2 Å². The van der Waals surface area contributed by atoms with Crippen molar-refractivity contribution in [2.75, 3.05) is 51.9 Å². The molecule has 32 heavy (non-hydrogen) atoms. The van der Waals surface area contributed by atoms with E-state index in [2.05, 4.69) is 38.4 Å². The number of rotatable bonds is 9. The van der Waals surface area contributed by atoms with Gasteiger partial charge in [0.25, 0.3) is 0 Å². The molecule has 2 aromatic carbocycles. The summed E-state index contributed by atoms with van der Waals surface area (Å²) in [6.45, 7) is 7.22. The molecule has 7 heteroatoms. The van der Waals surface area contributed by atoms with E-state index in [1.807, 2.05) is 37.3 Å². The number of aromatic nitrogens is 2. The van der Waals surface area contributed by atoms with Gasteiger partial charge in [0, 0.05) is 36.8 Å². The van der Waals surface area contributed by atoms with Crippen LogP contribution >= 0.6 is 0 Å². The van der Waals surface area contributed by atoms with Crippen LogP contribution in [-0.2, 0) is 4.74 Å². The summed E-state index contributed by atoms with van der Waals surface area (Å²) in [4.78, 5) is 11.3. The summed E-state index contributed by atoms with van der Waals surface area (Å²) in [5.41, 5.74) is 2.91. The molecule has 1 aromatic heterocycles. The van der Waals surface area contributed by atoms with Crippen molar-refractivity contribution in [3.8, 4) is 11.5 Å². The number of hydrogen-bond acceptors (Lipinski definition) is 7. The van der Waals surface area contributed by atoms with E-state index in [4.69, 9.17) is 14.2 Å². The number of nitrogens with zero attached hydrogens (tertiary/aromatic N) is 3. The number of ether oxygens (including phenoxy) is 3. The van der Waals surface area contributed by atoms with Crippen LogP contribution in [0.1, 0.15) is 18.9 Å². The van der Waals surface area contributed by atoms with Crippen LogP contribution in [0.3, 0.4) is 0 Å². The number of anilines is 2. The molecule has 0 unspecified atom stereocenters. The van der Waals surface area contributed by atoms with E-state index in [0.29, 0.717) is 18.1 Å². The Morgan fingerprint density at radius 2 is 1.91 bits per heavy atom. The molecule has 0 spiro atoms. The summed E-state index contributed by atoms with van der Waals surface area (Å²) >= 11 is 0. The van der Waals surface area contributed by atoms with Gasteiger partial charge in [-0.2, -0.15) is 0 Å². The fourth-order valence-electron chi connectivity index (χ4n) is 3.74. The molecule has 1 aliphatic rings. The topological polar surface area (TPSA) is 68.7 Å². The van der Waals surface area contributed by atoms with E-state index in [1.165, 1.54) is 0 Å². The Balaban J connectivity index is 1.49. The van der Waals surface area contributed by atoms with E-state index < -0.39 is 0 Å². The monoisotopic (exact) mass is 434 g/mol. The van der Waals surface area contributed by atoms with Crippen LogP contribution in [-0.4, -0.2) is 61.4 Å². The molecule has 0 aliphatic carbocycles. The van der Waals surface area contributed by atoms with Gasteiger partial charge in [-0.1, -0.05) is 24.3 Å². The van der Waals surface area contributed by atoms with Crippen LogP contribution in [0, 0.1) is 0 Å². The smallest absolute Gasteiger partial charge is 0.162 e. The number of nitrogens with one attached hydrogen (secondary N) is 1. The zero-order valence-electron chi connectivity index (χ0n) is 18.7. The molecule has 1 fully saturated rings. The fourth-order valence-corrected chi connectivity index (χ4v) is 3.74. The molecule has 0 bridgehead atoms. The van der Waals surface area contributed by atoms with Gasteiger partial charge in [-0.3, -0.25) is 4.90 Å². The summed E-state index contributed by atoms with van der Waals surface area (Å²) in [5.74, 6) is 2.10. The molecule has 1 N–H and O–H groups in total. The van der Waals surface area contributed by atoms with Crippen molar-refractivity contribution in [2.45, 2.75) is 13.3 Å². The normalized spacial score (nSPS) is 14.7. The Labute approximate surface area is 189 Å². The molecule has 3 aromatic rings. The van der Waals surface area contributed by atoms with Crippen molar-refractivity contribution < 1.29 is 14.2 Å². The zero-order chi connectivity index (χ0) is 22.2. The molecule has 0 radical (unpaired) electrons. The Morgan fingerprint density at radius 1 is 1.09 bits per heavy atom. The fraction of sp³-hybridized carbons (Fsp3) is 0.360. The first-order valence-electron chi connectivity index (χ1n) is 11.0. The van der Waals surface area contributed by atoms with Crippen LogP contribution in [0.25, 0.3) is 17.0 Å². The molecule has 0 amide bonds. The third-order valence-electron chi connectivity index (χ3n) is 5.43. The quantitative estimate of drug-likeness (QED) is 0.497. The van der Waals surface area contributed by atoms with Crippen molar-refractivity contribution in [1.29, 1.82) is 0 Å². The SMILES string of the molecule is C/C=C/c1ccc(Nc2ncnc3cc(OC)c(OCCCN4CCOCC4)cc23)cc1. The summed E-state index contributed by atoms with van der Waals surface area (Å²) in [5, 5.41) is 4.28. The van der Waals surface area contributed by atoms with Gasteiger partial charge in [0.15, 0.2) is 11.5 Å². The van der Waals surface area contributed by atoms with Crippen LogP contribution in [0.15, 0.2) is 48.8 Å². The molecule has 2 heterocycles. The lowest BCUT2D eigenvalue weighted by molar-refractivity contribution is 0.0357. The van der Waals surface area contributed by atoms with Gasteiger partial charge in [0.2, 0.25) is 0 Å². The van der Waals surface area contributed by atoms with E-state index in [-0.39, 0.29) is 0 Å². The highest BCUT2D eigenvalue weighted by molar-refractivity contribution is 5.93. The van der Waals surface area contributed by atoms with Gasteiger partial charge < -0.3 is 19.5 Å². The van der Waals surface area contributed by atoms with Crippen molar-refractivity contribution in [3.63, 3.8) is 0 Å². The molecule has 168 valence electrons. The zero-order valence-corrected chi connectivity index (χ0v) is 18.7. The maximum atomic E-state index is 6.10. The lowest BCUT2D eigenvalue weighted by Gasteiger charge is -2.26. The average molecular weight is 435 g/mol. The van der Waals surface area contributed by atoms with Gasteiger partial charge in [-0.25, -0.2) is 9.97 Å². The second kappa shape index (κ2) is 10.9. The highest BCUT2D eigenvalue weighted by Crippen LogP contribution is 2.34.